The van der Waals surface area contributed by atoms with Gasteiger partial charge in [0.2, 0.25) is 5.89 Å². The van der Waals surface area contributed by atoms with Crippen molar-refractivity contribution in [3.63, 3.8) is 0 Å². The molecule has 1 unspecified atom stereocenters. The largest absolute Gasteiger partial charge is 0.385 e. The highest BCUT2D eigenvalue weighted by atomic mass is 32.2. The summed E-state index contributed by atoms with van der Waals surface area (Å²) in [6.07, 6.45) is 1.61. The predicted octanol–water partition coefficient (Wildman–Crippen LogP) is 0.448. The highest BCUT2D eigenvalue weighted by Crippen LogP contribution is 2.15. The van der Waals surface area contributed by atoms with Crippen LogP contribution in [-0.2, 0) is 15.6 Å². The van der Waals surface area contributed by atoms with Crippen LogP contribution in [-0.4, -0.2) is 29.9 Å². The van der Waals surface area contributed by atoms with Gasteiger partial charge in [0.05, 0.1) is 0 Å². The van der Waals surface area contributed by atoms with Crippen molar-refractivity contribution in [3.05, 3.63) is 11.7 Å². The first-order valence-electron chi connectivity index (χ1n) is 4.60. The second-order valence-corrected chi connectivity index (χ2v) is 5.56. The molecule has 1 aromatic rings. The van der Waals surface area contributed by atoms with Gasteiger partial charge in [0, 0.05) is 6.26 Å². The van der Waals surface area contributed by atoms with Crippen molar-refractivity contribution in [2.45, 2.75) is 31.6 Å². The summed E-state index contributed by atoms with van der Waals surface area (Å²) in [5.41, 5.74) is 0. The smallest absolute Gasteiger partial charge is 0.241 e. The van der Waals surface area contributed by atoms with Crippen LogP contribution >= 0.6 is 0 Å². The first-order valence-corrected chi connectivity index (χ1v) is 6.66. The monoisotopic (exact) mass is 234 g/mol. The van der Waals surface area contributed by atoms with Gasteiger partial charge in [-0.25, -0.2) is 8.42 Å². The molecule has 7 heteroatoms. The van der Waals surface area contributed by atoms with Crippen molar-refractivity contribution < 1.29 is 18.0 Å². The van der Waals surface area contributed by atoms with Gasteiger partial charge >= 0.3 is 0 Å². The summed E-state index contributed by atoms with van der Waals surface area (Å²) < 4.78 is 26.5. The Labute approximate surface area is 88.2 Å². The molecule has 0 radical (unpaired) electrons. The van der Waals surface area contributed by atoms with Gasteiger partial charge in [-0.3, -0.25) is 0 Å². The van der Waals surface area contributed by atoms with Gasteiger partial charge < -0.3 is 9.63 Å². The summed E-state index contributed by atoms with van der Waals surface area (Å²) >= 11 is 0. The van der Waals surface area contributed by atoms with Gasteiger partial charge in [-0.1, -0.05) is 18.5 Å². The quantitative estimate of drug-likeness (QED) is 0.795. The lowest BCUT2D eigenvalue weighted by molar-refractivity contribution is 0.153. The molecule has 0 aliphatic carbocycles. The van der Waals surface area contributed by atoms with Crippen molar-refractivity contribution in [2.24, 2.45) is 0 Å². The molecule has 0 aliphatic rings. The van der Waals surface area contributed by atoms with E-state index in [4.69, 9.17) is 4.52 Å². The van der Waals surface area contributed by atoms with Crippen LogP contribution < -0.4 is 0 Å². The number of rotatable bonds is 5. The number of aliphatic hydroxyl groups is 1. The zero-order chi connectivity index (χ0) is 11.5. The molecule has 0 spiro atoms. The second-order valence-electron chi connectivity index (χ2n) is 3.42. The summed E-state index contributed by atoms with van der Waals surface area (Å²) in [6, 6.07) is 0. The Hall–Kier alpha value is -0.950. The molecule has 0 amide bonds. The lowest BCUT2D eigenvalue weighted by Crippen LogP contribution is -2.02. The Bertz CT molecular complexity index is 412. The normalized spacial score (nSPS) is 14.1. The third-order valence-electron chi connectivity index (χ3n) is 1.73. The fourth-order valence-corrected chi connectivity index (χ4v) is 1.65. The molecule has 6 nitrogen and oxygen atoms in total. The maximum absolute atomic E-state index is 10.9. The van der Waals surface area contributed by atoms with Crippen LogP contribution in [0.3, 0.4) is 0 Å². The maximum atomic E-state index is 10.9. The van der Waals surface area contributed by atoms with Gasteiger partial charge in [-0.05, 0) is 6.42 Å². The first-order chi connectivity index (χ1) is 6.92. The lowest BCUT2D eigenvalue weighted by atomic mass is 10.2. The summed E-state index contributed by atoms with van der Waals surface area (Å²) in [5.74, 6) is -0.128. The Morgan fingerprint density at radius 1 is 1.53 bits per heavy atom. The second kappa shape index (κ2) is 4.71. The van der Waals surface area contributed by atoms with E-state index in [1.54, 1.807) is 0 Å². The van der Waals surface area contributed by atoms with Crippen LogP contribution in [0, 0.1) is 0 Å². The van der Waals surface area contributed by atoms with Gasteiger partial charge in [-0.15, -0.1) is 0 Å². The van der Waals surface area contributed by atoms with E-state index in [1.165, 1.54) is 0 Å². The molecule has 0 aliphatic heterocycles. The third-order valence-corrected chi connectivity index (χ3v) is 2.50. The minimum absolute atomic E-state index is 0.0163. The number of hydrogen-bond donors (Lipinski definition) is 1. The zero-order valence-corrected chi connectivity index (χ0v) is 9.49. The molecule has 86 valence electrons. The Balaban J connectivity index is 2.72. The lowest BCUT2D eigenvalue weighted by Gasteiger charge is -2.01. The molecular formula is C8H14N2O4S. The summed E-state index contributed by atoms with van der Waals surface area (Å²) in [6.45, 7) is 1.92. The van der Waals surface area contributed by atoms with E-state index in [9.17, 15) is 13.5 Å². The first kappa shape index (κ1) is 12.1. The molecule has 0 fully saturated rings. The molecule has 0 saturated heterocycles. The number of hydrogen-bond acceptors (Lipinski definition) is 6. The van der Waals surface area contributed by atoms with Crippen molar-refractivity contribution in [1.29, 1.82) is 0 Å². The highest BCUT2D eigenvalue weighted by molar-refractivity contribution is 7.89. The number of nitrogens with zero attached hydrogens (tertiary/aromatic N) is 2. The molecule has 0 saturated carbocycles. The van der Waals surface area contributed by atoms with E-state index in [0.29, 0.717) is 6.42 Å². The van der Waals surface area contributed by atoms with Crippen molar-refractivity contribution >= 4 is 9.84 Å². The van der Waals surface area contributed by atoms with Gasteiger partial charge in [0.25, 0.3) is 0 Å². The maximum Gasteiger partial charge on any atom is 0.241 e. The third kappa shape index (κ3) is 3.96. The molecule has 1 aromatic heterocycles. The summed E-state index contributed by atoms with van der Waals surface area (Å²) in [7, 11) is -3.18. The summed E-state index contributed by atoms with van der Waals surface area (Å²) in [4.78, 5) is 3.81. The van der Waals surface area contributed by atoms with E-state index in [2.05, 4.69) is 10.1 Å². The van der Waals surface area contributed by atoms with Crippen LogP contribution in [0.15, 0.2) is 4.52 Å². The number of aromatic nitrogens is 2. The Kier molecular flexibility index (Phi) is 3.81. The molecule has 0 aromatic carbocycles. The van der Waals surface area contributed by atoms with Crippen molar-refractivity contribution in [1.82, 2.24) is 10.1 Å². The minimum atomic E-state index is -3.18. The van der Waals surface area contributed by atoms with Crippen LogP contribution in [0.5, 0.6) is 0 Å². The van der Waals surface area contributed by atoms with E-state index in [-0.39, 0.29) is 17.5 Å². The standard InChI is InChI=1S/C8H14N2O4S/c1-3-4-6(11)8-9-7(14-10-8)5-15(2,12)13/h6,11H,3-5H2,1-2H3. The summed E-state index contributed by atoms with van der Waals surface area (Å²) in [5, 5.41) is 13.0. The van der Waals surface area contributed by atoms with Gasteiger partial charge in [-0.2, -0.15) is 4.98 Å². The molecule has 1 rings (SSSR count). The SMILES string of the molecule is CCCC(O)c1noc(CS(C)(=O)=O)n1. The van der Waals surface area contributed by atoms with E-state index >= 15 is 0 Å². The van der Waals surface area contributed by atoms with E-state index in [1.807, 2.05) is 6.92 Å². The van der Waals surface area contributed by atoms with E-state index in [0.717, 1.165) is 12.7 Å². The molecular weight excluding hydrogens is 220 g/mol. The predicted molar refractivity (Wildman–Crippen MR) is 52.7 cm³/mol. The number of sulfone groups is 1. The van der Waals surface area contributed by atoms with Crippen molar-refractivity contribution in [3.8, 4) is 0 Å². The Morgan fingerprint density at radius 3 is 2.73 bits per heavy atom. The van der Waals surface area contributed by atoms with Gasteiger partial charge in [0.15, 0.2) is 15.7 Å². The molecule has 1 atom stereocenters. The Morgan fingerprint density at radius 2 is 2.20 bits per heavy atom. The van der Waals surface area contributed by atoms with Gasteiger partial charge in [0.1, 0.15) is 11.9 Å². The molecule has 0 bridgehead atoms. The topological polar surface area (TPSA) is 93.3 Å². The van der Waals surface area contributed by atoms with Crippen molar-refractivity contribution in [2.75, 3.05) is 6.26 Å². The fraction of sp³-hybridized carbons (Fsp3) is 0.750. The average Bonchev–Trinajstić information content (AvgIpc) is 2.50. The highest BCUT2D eigenvalue weighted by Gasteiger charge is 2.17. The molecule has 15 heavy (non-hydrogen) atoms. The van der Waals surface area contributed by atoms with Crippen LogP contribution in [0.1, 0.15) is 37.6 Å². The average molecular weight is 234 g/mol. The molecule has 1 N–H and O–H groups in total. The fourth-order valence-electron chi connectivity index (χ4n) is 1.09. The van der Waals surface area contributed by atoms with Crippen LogP contribution in [0.25, 0.3) is 0 Å². The van der Waals surface area contributed by atoms with Crippen LogP contribution in [0.4, 0.5) is 0 Å². The number of aliphatic hydroxyl groups excluding tert-OH is 1. The molecule has 1 heterocycles. The van der Waals surface area contributed by atoms with Crippen LogP contribution in [0.2, 0.25) is 0 Å². The van der Waals surface area contributed by atoms with E-state index < -0.39 is 15.9 Å². The minimum Gasteiger partial charge on any atom is -0.385 e. The zero-order valence-electron chi connectivity index (χ0n) is 8.67.